The van der Waals surface area contributed by atoms with Gasteiger partial charge in [0.15, 0.2) is 0 Å². The fourth-order valence-corrected chi connectivity index (χ4v) is 6.96. The molecule has 0 fully saturated rings. The zero-order chi connectivity index (χ0) is 33.3. The maximum Gasteiger partial charge on any atom is 0.305 e. The highest BCUT2D eigenvalue weighted by atomic mass is 16.5. The van der Waals surface area contributed by atoms with Gasteiger partial charge < -0.3 is 4.74 Å². The number of rotatable bonds is 41. The van der Waals surface area contributed by atoms with Crippen molar-refractivity contribution in [2.24, 2.45) is 0 Å². The van der Waals surface area contributed by atoms with Crippen molar-refractivity contribution in [3.8, 4) is 0 Å². The van der Waals surface area contributed by atoms with E-state index in [4.69, 9.17) is 4.74 Å². The summed E-state index contributed by atoms with van der Waals surface area (Å²) in [5, 5.41) is 0. The molecule has 0 aliphatic heterocycles. The van der Waals surface area contributed by atoms with Crippen molar-refractivity contribution in [3.63, 3.8) is 0 Å². The van der Waals surface area contributed by atoms with Crippen LogP contribution >= 0.6 is 0 Å². The van der Waals surface area contributed by atoms with Gasteiger partial charge in [0, 0.05) is 6.42 Å². The number of carbonyl (C=O) groups excluding carboxylic acids is 1. The Labute approximate surface area is 292 Å². The minimum atomic E-state index is 0.0313. The van der Waals surface area contributed by atoms with Gasteiger partial charge in [-0.25, -0.2) is 0 Å². The Morgan fingerprint density at radius 3 is 0.717 bits per heavy atom. The van der Waals surface area contributed by atoms with E-state index in [0.29, 0.717) is 13.0 Å². The summed E-state index contributed by atoms with van der Waals surface area (Å²) in [6.07, 6.45) is 55.0. The van der Waals surface area contributed by atoms with Gasteiger partial charge in [-0.1, -0.05) is 251 Å². The van der Waals surface area contributed by atoms with E-state index in [2.05, 4.69) is 13.8 Å². The van der Waals surface area contributed by atoms with Gasteiger partial charge in [0.1, 0.15) is 0 Å². The van der Waals surface area contributed by atoms with Gasteiger partial charge >= 0.3 is 5.97 Å². The van der Waals surface area contributed by atoms with Crippen molar-refractivity contribution >= 4 is 5.97 Å². The fraction of sp³-hybridized carbons (Fsp3) is 0.977. The Bertz CT molecular complexity index is 544. The fourth-order valence-electron chi connectivity index (χ4n) is 6.96. The molecule has 46 heavy (non-hydrogen) atoms. The molecule has 276 valence electrons. The van der Waals surface area contributed by atoms with Gasteiger partial charge in [-0.2, -0.15) is 0 Å². The average molecular weight is 649 g/mol. The van der Waals surface area contributed by atoms with Crippen molar-refractivity contribution in [1.29, 1.82) is 0 Å². The molecule has 0 bridgehead atoms. The van der Waals surface area contributed by atoms with Crippen LogP contribution in [0.3, 0.4) is 0 Å². The van der Waals surface area contributed by atoms with Crippen LogP contribution in [0.15, 0.2) is 0 Å². The Morgan fingerprint density at radius 1 is 0.283 bits per heavy atom. The molecule has 0 amide bonds. The van der Waals surface area contributed by atoms with Crippen molar-refractivity contribution in [2.45, 2.75) is 271 Å². The minimum Gasteiger partial charge on any atom is -0.466 e. The maximum absolute atomic E-state index is 12.0. The van der Waals surface area contributed by atoms with Crippen LogP contribution in [0, 0.1) is 0 Å². The van der Waals surface area contributed by atoms with Crippen molar-refractivity contribution in [2.75, 3.05) is 6.61 Å². The Balaban J connectivity index is 3.13. The molecule has 0 rings (SSSR count). The highest BCUT2D eigenvalue weighted by Crippen LogP contribution is 2.17. The first-order valence-electron chi connectivity index (χ1n) is 22.0. The van der Waals surface area contributed by atoms with Crippen LogP contribution in [-0.4, -0.2) is 12.6 Å². The summed E-state index contributed by atoms with van der Waals surface area (Å²) in [7, 11) is 0. The Kier molecular flexibility index (Phi) is 42.0. The summed E-state index contributed by atoms with van der Waals surface area (Å²) in [5.74, 6) is 0.0313. The number of unbranched alkanes of at least 4 members (excludes halogenated alkanes) is 37. The molecule has 2 heteroatoms. The first kappa shape index (κ1) is 45.5. The summed E-state index contributed by atoms with van der Waals surface area (Å²) in [6.45, 7) is 5.23. The smallest absolute Gasteiger partial charge is 0.305 e. The monoisotopic (exact) mass is 649 g/mol. The van der Waals surface area contributed by atoms with E-state index < -0.39 is 0 Å². The van der Waals surface area contributed by atoms with Gasteiger partial charge in [-0.15, -0.1) is 0 Å². The van der Waals surface area contributed by atoms with Crippen molar-refractivity contribution < 1.29 is 9.53 Å². The molecule has 0 atom stereocenters. The summed E-state index contributed by atoms with van der Waals surface area (Å²) < 4.78 is 5.46. The Hall–Kier alpha value is -0.530. The van der Waals surface area contributed by atoms with Gasteiger partial charge in [0.25, 0.3) is 0 Å². The lowest BCUT2D eigenvalue weighted by molar-refractivity contribution is -0.143. The Morgan fingerprint density at radius 2 is 0.478 bits per heavy atom. The maximum atomic E-state index is 12.0. The SMILES string of the molecule is CCCCCCCCCCCCCCCCCCCCCCCCCCCC(=O)OCCCCCCCCCCCCCCCC. The van der Waals surface area contributed by atoms with Crippen LogP contribution in [-0.2, 0) is 9.53 Å². The molecule has 0 saturated carbocycles. The van der Waals surface area contributed by atoms with E-state index in [1.807, 2.05) is 0 Å². The second kappa shape index (κ2) is 42.5. The van der Waals surface area contributed by atoms with Crippen LogP contribution in [0.1, 0.15) is 271 Å². The van der Waals surface area contributed by atoms with Crippen LogP contribution < -0.4 is 0 Å². The minimum absolute atomic E-state index is 0.0313. The summed E-state index contributed by atoms with van der Waals surface area (Å²) in [5.41, 5.74) is 0. The lowest BCUT2D eigenvalue weighted by Crippen LogP contribution is -2.05. The zero-order valence-corrected chi connectivity index (χ0v) is 32.3. The van der Waals surface area contributed by atoms with E-state index in [1.165, 1.54) is 238 Å². The topological polar surface area (TPSA) is 26.3 Å². The van der Waals surface area contributed by atoms with Gasteiger partial charge in [0.2, 0.25) is 0 Å². The van der Waals surface area contributed by atoms with E-state index in [-0.39, 0.29) is 5.97 Å². The standard InChI is InChI=1S/C44H88O2/c1-3-5-7-9-11-13-15-17-19-20-21-22-23-24-25-26-27-28-29-30-32-34-36-38-40-42-44(45)46-43-41-39-37-35-33-31-18-16-14-12-10-8-6-4-2/h3-43H2,1-2H3. The average Bonchev–Trinajstić information content (AvgIpc) is 3.06. The van der Waals surface area contributed by atoms with Crippen LogP contribution in [0.5, 0.6) is 0 Å². The van der Waals surface area contributed by atoms with Gasteiger partial charge in [0.05, 0.1) is 6.61 Å². The molecule has 0 aromatic carbocycles. The molecule has 0 heterocycles. The van der Waals surface area contributed by atoms with Crippen LogP contribution in [0.2, 0.25) is 0 Å². The van der Waals surface area contributed by atoms with Gasteiger partial charge in [-0.05, 0) is 12.8 Å². The largest absolute Gasteiger partial charge is 0.466 e. The molecule has 2 nitrogen and oxygen atoms in total. The van der Waals surface area contributed by atoms with E-state index in [9.17, 15) is 4.79 Å². The quantitative estimate of drug-likeness (QED) is 0.0487. The molecule has 0 saturated heterocycles. The van der Waals surface area contributed by atoms with Gasteiger partial charge in [-0.3, -0.25) is 4.79 Å². The third-order valence-electron chi connectivity index (χ3n) is 10.2. The van der Waals surface area contributed by atoms with Crippen LogP contribution in [0.25, 0.3) is 0 Å². The summed E-state index contributed by atoms with van der Waals surface area (Å²) in [6, 6.07) is 0. The van der Waals surface area contributed by atoms with Crippen molar-refractivity contribution in [3.05, 3.63) is 0 Å². The summed E-state index contributed by atoms with van der Waals surface area (Å²) in [4.78, 5) is 12.0. The predicted octanol–water partition coefficient (Wildman–Crippen LogP) is 16.2. The molecule has 0 N–H and O–H groups in total. The first-order valence-corrected chi connectivity index (χ1v) is 22.0. The first-order chi connectivity index (χ1) is 22.8. The highest BCUT2D eigenvalue weighted by molar-refractivity contribution is 5.69. The lowest BCUT2D eigenvalue weighted by Gasteiger charge is -2.06. The van der Waals surface area contributed by atoms with E-state index in [1.54, 1.807) is 0 Å². The second-order valence-electron chi connectivity index (χ2n) is 15.1. The third kappa shape index (κ3) is 41.5. The summed E-state index contributed by atoms with van der Waals surface area (Å²) >= 11 is 0. The second-order valence-corrected chi connectivity index (χ2v) is 15.1. The van der Waals surface area contributed by atoms with E-state index in [0.717, 1.165) is 12.8 Å². The number of hydrogen-bond donors (Lipinski definition) is 0. The molecule has 0 radical (unpaired) electrons. The molecule has 0 spiro atoms. The number of carbonyl (C=O) groups is 1. The number of esters is 1. The van der Waals surface area contributed by atoms with Crippen LogP contribution in [0.4, 0.5) is 0 Å². The number of ether oxygens (including phenoxy) is 1. The van der Waals surface area contributed by atoms with E-state index >= 15 is 0 Å². The number of hydrogen-bond acceptors (Lipinski definition) is 2. The molecule has 0 aliphatic rings. The zero-order valence-electron chi connectivity index (χ0n) is 32.3. The molecule has 0 unspecified atom stereocenters. The predicted molar refractivity (Wildman–Crippen MR) is 207 cm³/mol. The van der Waals surface area contributed by atoms with Crippen molar-refractivity contribution in [1.82, 2.24) is 0 Å². The molecule has 0 aromatic heterocycles. The molecular formula is C44H88O2. The molecule has 0 aliphatic carbocycles. The normalized spacial score (nSPS) is 11.4. The highest BCUT2D eigenvalue weighted by Gasteiger charge is 2.03. The lowest BCUT2D eigenvalue weighted by atomic mass is 10.0. The third-order valence-corrected chi connectivity index (χ3v) is 10.2. The molecule has 0 aromatic rings. The molecular weight excluding hydrogens is 560 g/mol.